The number of hydrogen-bond donors (Lipinski definition) is 2. The molecule has 0 bridgehead atoms. The first-order chi connectivity index (χ1) is 12.3. The van der Waals surface area contributed by atoms with E-state index in [1.165, 1.54) is 6.26 Å². The van der Waals surface area contributed by atoms with Crippen molar-refractivity contribution in [3.8, 4) is 0 Å². The van der Waals surface area contributed by atoms with Crippen molar-refractivity contribution in [2.45, 2.75) is 24.3 Å². The minimum atomic E-state index is -2.85. The average molecular weight is 396 g/mol. The van der Waals surface area contributed by atoms with Crippen molar-refractivity contribution in [2.75, 3.05) is 36.6 Å². The first kappa shape index (κ1) is 18.9. The van der Waals surface area contributed by atoms with E-state index in [2.05, 4.69) is 14.9 Å². The lowest BCUT2D eigenvalue weighted by Gasteiger charge is -2.31. The molecular formula is C17H22ClN5O2S. The minimum Gasteiger partial charge on any atom is -0.379 e. The molecule has 0 radical (unpaired) electrons. The summed E-state index contributed by atoms with van der Waals surface area (Å²) < 4.78 is 25.8. The monoisotopic (exact) mass is 395 g/mol. The van der Waals surface area contributed by atoms with E-state index < -0.39 is 9.73 Å². The summed E-state index contributed by atoms with van der Waals surface area (Å²) in [6.07, 6.45) is 2.23. The van der Waals surface area contributed by atoms with E-state index in [9.17, 15) is 4.21 Å². The summed E-state index contributed by atoms with van der Waals surface area (Å²) in [6.45, 7) is 3.62. The zero-order chi connectivity index (χ0) is 18.9. The topological polar surface area (TPSA) is 105 Å². The lowest BCUT2D eigenvalue weighted by Crippen LogP contribution is -2.32. The summed E-state index contributed by atoms with van der Waals surface area (Å²) in [5.74, 6) is 0.918. The van der Waals surface area contributed by atoms with Crippen LogP contribution >= 0.6 is 11.6 Å². The molecule has 1 aliphatic heterocycles. The SMILES string of the molecule is Cc1cc(N2CCCOCC2c2cc(S(C)(=N)=O)ccc2Cl)nc(N)n1. The molecule has 0 saturated carbocycles. The van der Waals surface area contributed by atoms with E-state index in [-0.39, 0.29) is 12.0 Å². The fourth-order valence-corrected chi connectivity index (χ4v) is 3.97. The number of rotatable bonds is 3. The molecule has 140 valence electrons. The normalized spacial score (nSPS) is 20.4. The van der Waals surface area contributed by atoms with Crippen LogP contribution in [0.4, 0.5) is 11.8 Å². The molecule has 1 fully saturated rings. The molecule has 0 spiro atoms. The lowest BCUT2D eigenvalue weighted by atomic mass is 10.1. The van der Waals surface area contributed by atoms with E-state index in [1.54, 1.807) is 18.2 Å². The number of nitrogens with zero attached hydrogens (tertiary/aromatic N) is 3. The lowest BCUT2D eigenvalue weighted by molar-refractivity contribution is 0.134. The van der Waals surface area contributed by atoms with Gasteiger partial charge in [-0.05, 0) is 37.1 Å². The van der Waals surface area contributed by atoms with Gasteiger partial charge in [-0.3, -0.25) is 0 Å². The predicted molar refractivity (Wildman–Crippen MR) is 103 cm³/mol. The molecular weight excluding hydrogens is 374 g/mol. The van der Waals surface area contributed by atoms with Gasteiger partial charge < -0.3 is 15.4 Å². The summed E-state index contributed by atoms with van der Waals surface area (Å²) in [7, 11) is -2.85. The van der Waals surface area contributed by atoms with Crippen LogP contribution in [0.15, 0.2) is 29.2 Å². The van der Waals surface area contributed by atoms with Crippen molar-refractivity contribution < 1.29 is 8.95 Å². The van der Waals surface area contributed by atoms with Crippen LogP contribution < -0.4 is 10.6 Å². The molecule has 2 aromatic rings. The van der Waals surface area contributed by atoms with Gasteiger partial charge >= 0.3 is 0 Å². The number of benzene rings is 1. The second kappa shape index (κ2) is 7.38. The maximum atomic E-state index is 12.2. The van der Waals surface area contributed by atoms with Crippen molar-refractivity contribution in [3.63, 3.8) is 0 Å². The highest BCUT2D eigenvalue weighted by atomic mass is 35.5. The molecule has 3 rings (SSSR count). The molecule has 0 amide bonds. The Labute approximate surface area is 158 Å². The van der Waals surface area contributed by atoms with E-state index >= 15 is 0 Å². The van der Waals surface area contributed by atoms with Gasteiger partial charge in [-0.25, -0.2) is 14.0 Å². The van der Waals surface area contributed by atoms with E-state index in [0.29, 0.717) is 35.5 Å². The van der Waals surface area contributed by atoms with Gasteiger partial charge in [0.05, 0.1) is 22.4 Å². The van der Waals surface area contributed by atoms with Crippen LogP contribution in [0.3, 0.4) is 0 Å². The molecule has 9 heteroatoms. The summed E-state index contributed by atoms with van der Waals surface area (Å²) in [5, 5.41) is 0.539. The third-order valence-corrected chi connectivity index (χ3v) is 5.77. The number of nitrogens with two attached hydrogens (primary N) is 1. The van der Waals surface area contributed by atoms with Gasteiger partial charge in [-0.1, -0.05) is 11.6 Å². The maximum Gasteiger partial charge on any atom is 0.222 e. The first-order valence-corrected chi connectivity index (χ1v) is 10.6. The van der Waals surface area contributed by atoms with E-state index in [1.807, 2.05) is 13.0 Å². The summed E-state index contributed by atoms with van der Waals surface area (Å²) in [5.41, 5.74) is 7.37. The average Bonchev–Trinajstić information content (AvgIpc) is 2.79. The molecule has 1 aliphatic rings. The number of anilines is 2. The molecule has 7 nitrogen and oxygen atoms in total. The number of hydrogen-bond acceptors (Lipinski definition) is 7. The van der Waals surface area contributed by atoms with Crippen LogP contribution in [0.1, 0.15) is 23.7 Å². The second-order valence-corrected chi connectivity index (χ2v) is 8.96. The Balaban J connectivity index is 2.10. The number of ether oxygens (including phenoxy) is 1. The molecule has 2 unspecified atom stereocenters. The fourth-order valence-electron chi connectivity index (χ4n) is 3.05. The molecule has 1 aromatic carbocycles. The third kappa shape index (κ3) is 4.08. The number of aromatic nitrogens is 2. The summed E-state index contributed by atoms with van der Waals surface area (Å²) >= 11 is 6.45. The van der Waals surface area contributed by atoms with Gasteiger partial charge in [-0.15, -0.1) is 0 Å². The van der Waals surface area contributed by atoms with Gasteiger partial charge in [0.1, 0.15) is 5.82 Å². The van der Waals surface area contributed by atoms with Gasteiger partial charge in [-0.2, -0.15) is 4.98 Å². The summed E-state index contributed by atoms with van der Waals surface area (Å²) in [4.78, 5) is 11.0. The Hall–Kier alpha value is -1.90. The van der Waals surface area contributed by atoms with Crippen LogP contribution in [0.25, 0.3) is 0 Å². The number of aryl methyl sites for hydroxylation is 1. The number of nitrogens with one attached hydrogen (secondary N) is 1. The number of nitrogen functional groups attached to an aromatic ring is 1. The molecule has 3 N–H and O–H groups in total. The molecule has 26 heavy (non-hydrogen) atoms. The van der Waals surface area contributed by atoms with Crippen molar-refractivity contribution in [2.24, 2.45) is 0 Å². The van der Waals surface area contributed by atoms with Crippen molar-refractivity contribution in [1.29, 1.82) is 4.78 Å². The van der Waals surface area contributed by atoms with Crippen molar-refractivity contribution in [1.82, 2.24) is 9.97 Å². The number of halogens is 1. The zero-order valence-corrected chi connectivity index (χ0v) is 16.3. The Morgan fingerprint density at radius 2 is 2.15 bits per heavy atom. The molecule has 2 atom stereocenters. The van der Waals surface area contributed by atoms with E-state index in [0.717, 1.165) is 17.7 Å². The Bertz CT molecular complexity index is 899. The Morgan fingerprint density at radius 1 is 1.38 bits per heavy atom. The highest BCUT2D eigenvalue weighted by Crippen LogP contribution is 2.34. The molecule has 1 aromatic heterocycles. The highest BCUT2D eigenvalue weighted by molar-refractivity contribution is 7.91. The van der Waals surface area contributed by atoms with Crippen molar-refractivity contribution >= 4 is 33.1 Å². The predicted octanol–water partition coefficient (Wildman–Crippen LogP) is 3.02. The quantitative estimate of drug-likeness (QED) is 0.827. The van der Waals surface area contributed by atoms with Gasteiger partial charge in [0, 0.05) is 41.1 Å². The standard InChI is InChI=1S/C17H22ClN5O2S/c1-11-8-16(22-17(19)21-11)23-6-3-7-25-10-15(23)13-9-12(26(2,20)24)4-5-14(13)18/h4-5,8-9,15,20H,3,6-7,10H2,1-2H3,(H2,19,21,22). The summed E-state index contributed by atoms with van der Waals surface area (Å²) in [6, 6.07) is 6.71. The Morgan fingerprint density at radius 3 is 2.85 bits per heavy atom. The largest absolute Gasteiger partial charge is 0.379 e. The zero-order valence-electron chi connectivity index (χ0n) is 14.7. The minimum absolute atomic E-state index is 0.214. The van der Waals surface area contributed by atoms with Gasteiger partial charge in [0.2, 0.25) is 5.95 Å². The Kier molecular flexibility index (Phi) is 5.36. The van der Waals surface area contributed by atoms with Crippen LogP contribution in [-0.2, 0) is 14.5 Å². The molecule has 2 heterocycles. The van der Waals surface area contributed by atoms with Crippen LogP contribution in [-0.4, -0.2) is 40.2 Å². The van der Waals surface area contributed by atoms with Crippen LogP contribution in [0, 0.1) is 11.7 Å². The maximum absolute atomic E-state index is 12.2. The third-order valence-electron chi connectivity index (χ3n) is 4.27. The highest BCUT2D eigenvalue weighted by Gasteiger charge is 2.27. The van der Waals surface area contributed by atoms with Gasteiger partial charge in [0.15, 0.2) is 0 Å². The van der Waals surface area contributed by atoms with Crippen molar-refractivity contribution in [3.05, 3.63) is 40.5 Å². The van der Waals surface area contributed by atoms with Crippen LogP contribution in [0.2, 0.25) is 5.02 Å². The first-order valence-electron chi connectivity index (χ1n) is 8.24. The van der Waals surface area contributed by atoms with Gasteiger partial charge in [0.25, 0.3) is 0 Å². The molecule has 1 saturated heterocycles. The van der Waals surface area contributed by atoms with Crippen LogP contribution in [0.5, 0.6) is 0 Å². The second-order valence-electron chi connectivity index (χ2n) is 6.39. The van der Waals surface area contributed by atoms with E-state index in [4.69, 9.17) is 26.9 Å². The molecule has 0 aliphatic carbocycles. The smallest absolute Gasteiger partial charge is 0.222 e. The fraction of sp³-hybridized carbons (Fsp3) is 0.412.